The van der Waals surface area contributed by atoms with Gasteiger partial charge >= 0.3 is 5.97 Å². The second kappa shape index (κ2) is 6.48. The van der Waals surface area contributed by atoms with Crippen molar-refractivity contribution in [3.05, 3.63) is 69.7 Å². The van der Waals surface area contributed by atoms with Gasteiger partial charge in [-0.15, -0.1) is 0 Å². The van der Waals surface area contributed by atoms with Crippen LogP contribution in [0.4, 0.5) is 0 Å². The molecule has 0 aromatic heterocycles. The van der Waals surface area contributed by atoms with Gasteiger partial charge in [0.15, 0.2) is 5.78 Å². The fourth-order valence-corrected chi connectivity index (χ4v) is 2.32. The van der Waals surface area contributed by atoms with Crippen molar-refractivity contribution in [3.8, 4) is 0 Å². The predicted molar refractivity (Wildman–Crippen MR) is 80.0 cm³/mol. The Bertz CT molecular complexity index is 650. The van der Waals surface area contributed by atoms with E-state index in [9.17, 15) is 9.59 Å². The molecule has 20 heavy (non-hydrogen) atoms. The van der Waals surface area contributed by atoms with E-state index in [1.54, 1.807) is 49.4 Å². The number of carbonyl (C=O) groups excluding carboxylic acids is 2. The fraction of sp³-hybridized carbons (Fsp3) is 0.125. The number of rotatable bonds is 4. The molecule has 2 aromatic rings. The molecular formula is C16H13BrO3. The summed E-state index contributed by atoms with van der Waals surface area (Å²) in [7, 11) is 0. The van der Waals surface area contributed by atoms with Gasteiger partial charge in [-0.1, -0.05) is 46.3 Å². The Morgan fingerprint density at radius 1 is 0.950 bits per heavy atom. The number of carbonyl (C=O) groups is 2. The second-order valence-electron chi connectivity index (χ2n) is 4.08. The number of halogens is 1. The summed E-state index contributed by atoms with van der Waals surface area (Å²) in [6, 6.07) is 13.8. The molecule has 0 aliphatic rings. The van der Waals surface area contributed by atoms with Crippen molar-refractivity contribution >= 4 is 27.7 Å². The molecule has 102 valence electrons. The summed E-state index contributed by atoms with van der Waals surface area (Å²) in [5.41, 5.74) is 1.15. The highest BCUT2D eigenvalue weighted by atomic mass is 79.9. The van der Waals surface area contributed by atoms with Gasteiger partial charge in [0, 0.05) is 15.6 Å². The lowest BCUT2D eigenvalue weighted by Gasteiger charge is -2.09. The summed E-state index contributed by atoms with van der Waals surface area (Å²) in [4.78, 5) is 24.5. The lowest BCUT2D eigenvalue weighted by atomic mass is 9.98. The average molecular weight is 333 g/mol. The Labute approximate surface area is 125 Å². The first kappa shape index (κ1) is 14.5. The van der Waals surface area contributed by atoms with Gasteiger partial charge in [-0.25, -0.2) is 4.79 Å². The van der Waals surface area contributed by atoms with Crippen LogP contribution in [0.3, 0.4) is 0 Å². The minimum Gasteiger partial charge on any atom is -0.462 e. The molecule has 3 nitrogen and oxygen atoms in total. The number of hydrogen-bond acceptors (Lipinski definition) is 3. The molecule has 0 fully saturated rings. The van der Waals surface area contributed by atoms with Crippen LogP contribution in [-0.2, 0) is 4.74 Å². The molecule has 0 bridgehead atoms. The van der Waals surface area contributed by atoms with Crippen LogP contribution in [-0.4, -0.2) is 18.4 Å². The molecule has 4 heteroatoms. The second-order valence-corrected chi connectivity index (χ2v) is 4.93. The molecule has 2 rings (SSSR count). The molecule has 0 saturated heterocycles. The minimum atomic E-state index is -0.483. The number of esters is 1. The Balaban J connectivity index is 2.46. The first-order chi connectivity index (χ1) is 9.65. The van der Waals surface area contributed by atoms with E-state index in [-0.39, 0.29) is 18.0 Å². The van der Waals surface area contributed by atoms with Crippen molar-refractivity contribution < 1.29 is 14.3 Å². The zero-order valence-corrected chi connectivity index (χ0v) is 12.5. The van der Waals surface area contributed by atoms with Crippen LogP contribution < -0.4 is 0 Å². The highest BCUT2D eigenvalue weighted by Crippen LogP contribution is 2.22. The van der Waals surface area contributed by atoms with Crippen LogP contribution >= 0.6 is 15.9 Å². The molecule has 0 N–H and O–H groups in total. The van der Waals surface area contributed by atoms with Gasteiger partial charge in [0.2, 0.25) is 0 Å². The smallest absolute Gasteiger partial charge is 0.338 e. The van der Waals surface area contributed by atoms with Crippen molar-refractivity contribution in [3.63, 3.8) is 0 Å². The van der Waals surface area contributed by atoms with E-state index in [2.05, 4.69) is 15.9 Å². The number of benzene rings is 2. The number of hydrogen-bond donors (Lipinski definition) is 0. The summed E-state index contributed by atoms with van der Waals surface area (Å²) in [5, 5.41) is 0. The van der Waals surface area contributed by atoms with E-state index in [1.807, 2.05) is 6.07 Å². The van der Waals surface area contributed by atoms with Crippen LogP contribution in [0.1, 0.15) is 33.2 Å². The Kier molecular flexibility index (Phi) is 4.69. The third kappa shape index (κ3) is 2.96. The highest BCUT2D eigenvalue weighted by molar-refractivity contribution is 9.10. The van der Waals surface area contributed by atoms with E-state index in [4.69, 9.17) is 4.74 Å². The molecular weight excluding hydrogens is 320 g/mol. The topological polar surface area (TPSA) is 43.4 Å². The summed E-state index contributed by atoms with van der Waals surface area (Å²) >= 11 is 3.35. The van der Waals surface area contributed by atoms with Crippen molar-refractivity contribution in [1.82, 2.24) is 0 Å². The zero-order valence-electron chi connectivity index (χ0n) is 10.9. The third-order valence-electron chi connectivity index (χ3n) is 2.79. The SMILES string of the molecule is CCOC(=O)c1ccccc1C(=O)c1ccccc1Br. The largest absolute Gasteiger partial charge is 0.462 e. The quantitative estimate of drug-likeness (QED) is 0.630. The van der Waals surface area contributed by atoms with Crippen LogP contribution in [0, 0.1) is 0 Å². The molecule has 0 spiro atoms. The molecule has 0 heterocycles. The van der Waals surface area contributed by atoms with Gasteiger partial charge in [-0.2, -0.15) is 0 Å². The van der Waals surface area contributed by atoms with E-state index in [0.717, 1.165) is 0 Å². The summed E-state index contributed by atoms with van der Waals surface area (Å²) in [6.07, 6.45) is 0. The molecule has 0 aliphatic heterocycles. The molecule has 0 atom stereocenters. The van der Waals surface area contributed by atoms with Gasteiger partial charge in [0.25, 0.3) is 0 Å². The first-order valence-corrected chi connectivity index (χ1v) is 6.99. The third-order valence-corrected chi connectivity index (χ3v) is 3.48. The van der Waals surface area contributed by atoms with Crippen LogP contribution in [0.5, 0.6) is 0 Å². The average Bonchev–Trinajstić information content (AvgIpc) is 2.47. The maximum atomic E-state index is 12.6. The summed E-state index contributed by atoms with van der Waals surface area (Å²) in [6.45, 7) is 2.01. The Hall–Kier alpha value is -1.94. The maximum absolute atomic E-state index is 12.6. The van der Waals surface area contributed by atoms with Crippen molar-refractivity contribution in [2.24, 2.45) is 0 Å². The van der Waals surface area contributed by atoms with Crippen LogP contribution in [0.25, 0.3) is 0 Å². The minimum absolute atomic E-state index is 0.207. The Morgan fingerprint density at radius 2 is 1.50 bits per heavy atom. The highest BCUT2D eigenvalue weighted by Gasteiger charge is 2.19. The van der Waals surface area contributed by atoms with Crippen LogP contribution in [0.2, 0.25) is 0 Å². The van der Waals surface area contributed by atoms with E-state index in [1.165, 1.54) is 0 Å². The van der Waals surface area contributed by atoms with E-state index in [0.29, 0.717) is 15.6 Å². The van der Waals surface area contributed by atoms with Crippen molar-refractivity contribution in [1.29, 1.82) is 0 Å². The van der Waals surface area contributed by atoms with E-state index >= 15 is 0 Å². The van der Waals surface area contributed by atoms with Gasteiger partial charge in [-0.05, 0) is 25.1 Å². The summed E-state index contributed by atoms with van der Waals surface area (Å²) < 4.78 is 5.68. The van der Waals surface area contributed by atoms with Gasteiger partial charge in [0.1, 0.15) is 0 Å². The fourth-order valence-electron chi connectivity index (χ4n) is 1.86. The van der Waals surface area contributed by atoms with Gasteiger partial charge < -0.3 is 4.74 Å². The maximum Gasteiger partial charge on any atom is 0.338 e. The lowest BCUT2D eigenvalue weighted by Crippen LogP contribution is -2.12. The number of ketones is 1. The van der Waals surface area contributed by atoms with Crippen molar-refractivity contribution in [2.75, 3.05) is 6.61 Å². The number of ether oxygens (including phenoxy) is 1. The Morgan fingerprint density at radius 3 is 2.10 bits per heavy atom. The molecule has 2 aromatic carbocycles. The standard InChI is InChI=1S/C16H13BrO3/c1-2-20-16(19)12-8-4-3-7-11(12)15(18)13-9-5-6-10-14(13)17/h3-10H,2H2,1H3. The molecule has 0 aliphatic carbocycles. The molecule has 0 radical (unpaired) electrons. The van der Waals surface area contributed by atoms with Gasteiger partial charge in [-0.3, -0.25) is 4.79 Å². The zero-order chi connectivity index (χ0) is 14.5. The molecule has 0 unspecified atom stereocenters. The predicted octanol–water partition coefficient (Wildman–Crippen LogP) is 3.86. The van der Waals surface area contributed by atoms with Gasteiger partial charge in [0.05, 0.1) is 12.2 Å². The van der Waals surface area contributed by atoms with E-state index < -0.39 is 5.97 Å². The monoisotopic (exact) mass is 332 g/mol. The molecule has 0 saturated carbocycles. The summed E-state index contributed by atoms with van der Waals surface area (Å²) in [5.74, 6) is -0.690. The first-order valence-electron chi connectivity index (χ1n) is 6.20. The normalized spacial score (nSPS) is 10.1. The van der Waals surface area contributed by atoms with Crippen LogP contribution in [0.15, 0.2) is 53.0 Å². The molecule has 0 amide bonds. The van der Waals surface area contributed by atoms with Crippen molar-refractivity contribution in [2.45, 2.75) is 6.92 Å². The lowest BCUT2D eigenvalue weighted by molar-refractivity contribution is 0.0523.